The number of ether oxygens (including phenoxy) is 2. The van der Waals surface area contributed by atoms with Gasteiger partial charge in [-0.3, -0.25) is 10.1 Å². The number of carbonyl (C=O) groups excluding carboxylic acids is 1. The molecule has 6 rings (SSSR count). The van der Waals surface area contributed by atoms with E-state index in [9.17, 15) is 14.9 Å². The maximum atomic E-state index is 13.0. The molecule has 12 heteroatoms. The maximum Gasteiger partial charge on any atom is 0.415 e. The van der Waals surface area contributed by atoms with Crippen molar-refractivity contribution in [3.63, 3.8) is 0 Å². The first-order valence-corrected chi connectivity index (χ1v) is 13.0. The summed E-state index contributed by atoms with van der Waals surface area (Å²) in [4.78, 5) is 33.6. The minimum atomic E-state index is -0.539. The standard InChI is InChI=1S/C29H25N7O5/c30-27-25-26(19-8-12-23(13-9-19)40-22-6-2-1-3-7-22)33-35(28(25)32-18-31-27)21-5-4-16-34(17-21)29(37)41-24-14-10-20(11-15-24)36(38)39/h1-3,6-15,18,21H,4-5,16-17H2,(H2,30,31,32)/t21-/m1/s1. The topological polar surface area (TPSA) is 152 Å². The predicted octanol–water partition coefficient (Wildman–Crippen LogP) is 5.61. The van der Waals surface area contributed by atoms with Crippen molar-refractivity contribution in [2.24, 2.45) is 0 Å². The maximum absolute atomic E-state index is 13.0. The Labute approximate surface area is 234 Å². The summed E-state index contributed by atoms with van der Waals surface area (Å²) in [5.74, 6) is 1.96. The zero-order valence-electron chi connectivity index (χ0n) is 21.8. The van der Waals surface area contributed by atoms with E-state index in [1.54, 1.807) is 4.90 Å². The molecule has 0 spiro atoms. The zero-order valence-corrected chi connectivity index (χ0v) is 21.8. The van der Waals surface area contributed by atoms with Crippen molar-refractivity contribution in [3.05, 3.63) is 95.3 Å². The van der Waals surface area contributed by atoms with E-state index in [1.165, 1.54) is 30.6 Å². The number of amides is 1. The van der Waals surface area contributed by atoms with Gasteiger partial charge in [0.15, 0.2) is 5.65 Å². The summed E-state index contributed by atoms with van der Waals surface area (Å²) < 4.78 is 13.2. The van der Waals surface area contributed by atoms with Crippen LogP contribution in [0.4, 0.5) is 16.3 Å². The Morgan fingerprint density at radius 1 is 0.951 bits per heavy atom. The number of fused-ring (bicyclic) bond motifs is 1. The van der Waals surface area contributed by atoms with Crippen molar-refractivity contribution >= 4 is 28.6 Å². The molecule has 0 aliphatic carbocycles. The van der Waals surface area contributed by atoms with Gasteiger partial charge in [-0.05, 0) is 61.4 Å². The summed E-state index contributed by atoms with van der Waals surface area (Å²) in [6.07, 6.45) is 2.36. The molecule has 1 amide bonds. The Balaban J connectivity index is 1.24. The van der Waals surface area contributed by atoms with E-state index in [0.717, 1.165) is 24.2 Å². The summed E-state index contributed by atoms with van der Waals surface area (Å²) in [6.45, 7) is 0.851. The molecule has 0 saturated carbocycles. The van der Waals surface area contributed by atoms with Crippen molar-refractivity contribution in [3.8, 4) is 28.5 Å². The molecule has 2 aromatic heterocycles. The van der Waals surface area contributed by atoms with Crippen LogP contribution in [-0.4, -0.2) is 48.8 Å². The number of hydrogen-bond donors (Lipinski definition) is 1. The highest BCUT2D eigenvalue weighted by atomic mass is 16.6. The number of para-hydroxylation sites is 1. The molecule has 1 atom stereocenters. The van der Waals surface area contributed by atoms with Crippen LogP contribution in [0.1, 0.15) is 18.9 Å². The predicted molar refractivity (Wildman–Crippen MR) is 151 cm³/mol. The number of hydrogen-bond acceptors (Lipinski definition) is 9. The number of carbonyl (C=O) groups is 1. The third-order valence-electron chi connectivity index (χ3n) is 6.88. The summed E-state index contributed by atoms with van der Waals surface area (Å²) in [7, 11) is 0. The van der Waals surface area contributed by atoms with Gasteiger partial charge in [-0.15, -0.1) is 0 Å². The quantitative estimate of drug-likeness (QED) is 0.210. The second-order valence-electron chi connectivity index (χ2n) is 9.55. The molecule has 206 valence electrons. The summed E-state index contributed by atoms with van der Waals surface area (Å²) in [5, 5.41) is 16.4. The van der Waals surface area contributed by atoms with E-state index in [1.807, 2.05) is 59.3 Å². The lowest BCUT2D eigenvalue weighted by molar-refractivity contribution is -0.384. The number of nitrogens with zero attached hydrogens (tertiary/aromatic N) is 6. The van der Waals surface area contributed by atoms with E-state index in [2.05, 4.69) is 9.97 Å². The van der Waals surface area contributed by atoms with E-state index in [-0.39, 0.29) is 17.5 Å². The first kappa shape index (κ1) is 25.7. The van der Waals surface area contributed by atoms with Crippen molar-refractivity contribution in [1.82, 2.24) is 24.6 Å². The normalized spacial score (nSPS) is 15.0. The highest BCUT2D eigenvalue weighted by Crippen LogP contribution is 2.35. The van der Waals surface area contributed by atoms with Crippen LogP contribution in [0.15, 0.2) is 85.2 Å². The van der Waals surface area contributed by atoms with Crippen LogP contribution in [0.3, 0.4) is 0 Å². The molecule has 41 heavy (non-hydrogen) atoms. The van der Waals surface area contributed by atoms with Crippen LogP contribution >= 0.6 is 0 Å². The minimum Gasteiger partial charge on any atom is -0.457 e. The Morgan fingerprint density at radius 3 is 2.39 bits per heavy atom. The van der Waals surface area contributed by atoms with Gasteiger partial charge in [-0.1, -0.05) is 18.2 Å². The average Bonchev–Trinajstić information content (AvgIpc) is 3.39. The lowest BCUT2D eigenvalue weighted by Gasteiger charge is -2.32. The fourth-order valence-electron chi connectivity index (χ4n) is 4.88. The number of nitro benzene ring substituents is 1. The number of nitrogen functional groups attached to an aromatic ring is 1. The number of aromatic nitrogens is 4. The number of benzene rings is 3. The fourth-order valence-corrected chi connectivity index (χ4v) is 4.88. The lowest BCUT2D eigenvalue weighted by atomic mass is 10.1. The Morgan fingerprint density at radius 2 is 1.66 bits per heavy atom. The van der Waals surface area contributed by atoms with Crippen LogP contribution < -0.4 is 15.2 Å². The molecule has 1 fully saturated rings. The van der Waals surface area contributed by atoms with Crippen molar-refractivity contribution in [2.75, 3.05) is 18.8 Å². The first-order valence-electron chi connectivity index (χ1n) is 13.0. The van der Waals surface area contributed by atoms with Gasteiger partial charge in [-0.2, -0.15) is 5.10 Å². The first-order chi connectivity index (χ1) is 20.0. The van der Waals surface area contributed by atoms with E-state index in [4.69, 9.17) is 20.3 Å². The molecule has 0 unspecified atom stereocenters. The van der Waals surface area contributed by atoms with Gasteiger partial charge in [0.2, 0.25) is 0 Å². The number of rotatable bonds is 6. The fraction of sp³-hybridized carbons (Fsp3) is 0.172. The Bertz CT molecular complexity index is 1710. The second-order valence-corrected chi connectivity index (χ2v) is 9.55. The number of nitrogens with two attached hydrogens (primary N) is 1. The molecule has 12 nitrogen and oxygen atoms in total. The van der Waals surface area contributed by atoms with Gasteiger partial charge < -0.3 is 20.1 Å². The number of nitro groups is 1. The molecule has 1 aliphatic heterocycles. The van der Waals surface area contributed by atoms with Crippen LogP contribution in [0, 0.1) is 10.1 Å². The number of likely N-dealkylation sites (tertiary alicyclic amines) is 1. The third kappa shape index (κ3) is 5.35. The monoisotopic (exact) mass is 551 g/mol. The van der Waals surface area contributed by atoms with Gasteiger partial charge >= 0.3 is 6.09 Å². The summed E-state index contributed by atoms with van der Waals surface area (Å²) in [5.41, 5.74) is 8.26. The van der Waals surface area contributed by atoms with Crippen molar-refractivity contribution in [2.45, 2.75) is 18.9 Å². The molecule has 5 aromatic rings. The van der Waals surface area contributed by atoms with Gasteiger partial charge in [0.1, 0.15) is 35.1 Å². The van der Waals surface area contributed by atoms with Crippen molar-refractivity contribution in [1.29, 1.82) is 0 Å². The third-order valence-corrected chi connectivity index (χ3v) is 6.88. The molecule has 0 radical (unpaired) electrons. The van der Waals surface area contributed by atoms with E-state index >= 15 is 0 Å². The zero-order chi connectivity index (χ0) is 28.3. The number of non-ortho nitro benzene ring substituents is 1. The molecule has 0 bridgehead atoms. The molecule has 1 saturated heterocycles. The second kappa shape index (κ2) is 10.9. The average molecular weight is 552 g/mol. The van der Waals surface area contributed by atoms with Gasteiger partial charge in [0, 0.05) is 30.8 Å². The van der Waals surface area contributed by atoms with Gasteiger partial charge in [-0.25, -0.2) is 19.4 Å². The van der Waals surface area contributed by atoms with Crippen molar-refractivity contribution < 1.29 is 19.2 Å². The van der Waals surface area contributed by atoms with Crippen LogP contribution in [0.2, 0.25) is 0 Å². The number of piperidine rings is 1. The number of anilines is 1. The van der Waals surface area contributed by atoms with Gasteiger partial charge in [0.25, 0.3) is 5.69 Å². The molecule has 3 heterocycles. The molecule has 3 aromatic carbocycles. The van der Waals surface area contributed by atoms with Crippen LogP contribution in [-0.2, 0) is 0 Å². The lowest BCUT2D eigenvalue weighted by Crippen LogP contribution is -2.42. The summed E-state index contributed by atoms with van der Waals surface area (Å²) in [6, 6.07) is 22.3. The largest absolute Gasteiger partial charge is 0.457 e. The smallest absolute Gasteiger partial charge is 0.415 e. The Hall–Kier alpha value is -5.52. The van der Waals surface area contributed by atoms with Gasteiger partial charge in [0.05, 0.1) is 16.4 Å². The molecular weight excluding hydrogens is 526 g/mol. The molecular formula is C29H25N7O5. The van der Waals surface area contributed by atoms with Crippen LogP contribution in [0.5, 0.6) is 17.2 Å². The minimum absolute atomic E-state index is 0.0798. The van der Waals surface area contributed by atoms with Crippen LogP contribution in [0.25, 0.3) is 22.3 Å². The highest BCUT2D eigenvalue weighted by molar-refractivity contribution is 5.98. The van der Waals surface area contributed by atoms with E-state index < -0.39 is 11.0 Å². The SMILES string of the molecule is Nc1ncnc2c1c(-c1ccc(Oc3ccccc3)cc1)nn2[C@@H]1CCCN(C(=O)Oc2ccc([N+](=O)[O-])cc2)C1. The summed E-state index contributed by atoms with van der Waals surface area (Å²) >= 11 is 0. The molecule has 1 aliphatic rings. The Kier molecular flexibility index (Phi) is 6.86. The molecule has 2 N–H and O–H groups in total. The van der Waals surface area contributed by atoms with E-state index in [0.29, 0.717) is 41.4 Å². The highest BCUT2D eigenvalue weighted by Gasteiger charge is 2.30.